The van der Waals surface area contributed by atoms with Crippen molar-refractivity contribution in [1.82, 2.24) is 24.9 Å². The van der Waals surface area contributed by atoms with Crippen molar-refractivity contribution in [2.45, 2.75) is 26.2 Å². The number of hydrogen-bond donors (Lipinski definition) is 2. The van der Waals surface area contributed by atoms with E-state index in [9.17, 15) is 4.79 Å². The second kappa shape index (κ2) is 8.73. The molecule has 3 aromatic heterocycles. The number of oxazole rings is 1. The number of para-hydroxylation sites is 2. The molecule has 0 unspecified atom stereocenters. The van der Waals surface area contributed by atoms with Crippen molar-refractivity contribution in [3.63, 3.8) is 0 Å². The van der Waals surface area contributed by atoms with Crippen LogP contribution in [-0.2, 0) is 0 Å². The zero-order chi connectivity index (χ0) is 20.5. The molecule has 0 spiro atoms. The lowest BCUT2D eigenvalue weighted by Crippen LogP contribution is -2.31. The summed E-state index contributed by atoms with van der Waals surface area (Å²) in [5.41, 5.74) is 3.05. The lowest BCUT2D eigenvalue weighted by atomic mass is 10.1. The van der Waals surface area contributed by atoms with Gasteiger partial charge in [0.1, 0.15) is 5.52 Å². The molecule has 2 N–H and O–H groups in total. The number of rotatable bonds is 4. The van der Waals surface area contributed by atoms with Crippen LogP contribution in [0.4, 0.5) is 17.9 Å². The van der Waals surface area contributed by atoms with Gasteiger partial charge in [-0.05, 0) is 38.3 Å². The Bertz CT molecular complexity index is 1230. The van der Waals surface area contributed by atoms with Crippen LogP contribution in [0, 0.1) is 6.92 Å². The van der Waals surface area contributed by atoms with Crippen molar-refractivity contribution < 1.29 is 4.42 Å². The van der Waals surface area contributed by atoms with Crippen LogP contribution in [0.15, 0.2) is 45.7 Å². The molecule has 1 fully saturated rings. The maximum atomic E-state index is 12.2. The monoisotopic (exact) mass is 439 g/mol. The van der Waals surface area contributed by atoms with Crippen molar-refractivity contribution in [3.05, 3.63) is 52.6 Å². The van der Waals surface area contributed by atoms with Crippen LogP contribution in [0.25, 0.3) is 22.4 Å². The van der Waals surface area contributed by atoms with Crippen LogP contribution in [0.1, 0.15) is 25.0 Å². The highest BCUT2D eigenvalue weighted by molar-refractivity contribution is 5.85. The van der Waals surface area contributed by atoms with E-state index in [1.54, 1.807) is 6.20 Å². The van der Waals surface area contributed by atoms with Gasteiger partial charge in [0.05, 0.1) is 11.4 Å². The Morgan fingerprint density at radius 1 is 1.10 bits per heavy atom. The fourth-order valence-electron chi connectivity index (χ4n) is 3.63. The topological polar surface area (TPSA) is 113 Å². The molecule has 31 heavy (non-hydrogen) atoms. The highest BCUT2D eigenvalue weighted by Crippen LogP contribution is 2.24. The van der Waals surface area contributed by atoms with E-state index in [0.717, 1.165) is 43.1 Å². The third-order valence-corrected chi connectivity index (χ3v) is 5.14. The van der Waals surface area contributed by atoms with Gasteiger partial charge in [-0.3, -0.25) is 15.1 Å². The number of hydrogen-bond acceptors (Lipinski definition) is 8. The zero-order valence-electron chi connectivity index (χ0n) is 17.0. The Balaban J connectivity index is 0.00000231. The van der Waals surface area contributed by atoms with Gasteiger partial charge in [0.25, 0.3) is 5.56 Å². The van der Waals surface area contributed by atoms with E-state index in [1.165, 1.54) is 12.5 Å². The molecule has 5 rings (SSSR count). The van der Waals surface area contributed by atoms with Gasteiger partial charge >= 0.3 is 6.01 Å². The number of benzene rings is 1. The fraction of sp³-hybridized carbons (Fsp3) is 0.286. The van der Waals surface area contributed by atoms with Crippen LogP contribution < -0.4 is 15.8 Å². The van der Waals surface area contributed by atoms with Gasteiger partial charge in [-0.2, -0.15) is 4.98 Å². The molecule has 0 radical (unpaired) electrons. The normalized spacial score (nSPS) is 13.8. The maximum absolute atomic E-state index is 12.2. The van der Waals surface area contributed by atoms with Crippen LogP contribution in [0.2, 0.25) is 0 Å². The lowest BCUT2D eigenvalue weighted by Gasteiger charge is -2.26. The molecule has 1 aromatic carbocycles. The van der Waals surface area contributed by atoms with E-state index in [0.29, 0.717) is 16.8 Å². The summed E-state index contributed by atoms with van der Waals surface area (Å²) in [6.07, 6.45) is 5.30. The van der Waals surface area contributed by atoms with Gasteiger partial charge in [-0.1, -0.05) is 12.1 Å². The quantitative estimate of drug-likeness (QED) is 0.493. The van der Waals surface area contributed by atoms with Crippen molar-refractivity contribution >= 4 is 41.4 Å². The second-order valence-corrected chi connectivity index (χ2v) is 7.31. The minimum atomic E-state index is -0.293. The van der Waals surface area contributed by atoms with Crippen molar-refractivity contribution in [1.29, 1.82) is 0 Å². The number of piperidine rings is 1. The minimum Gasteiger partial charge on any atom is -0.423 e. The summed E-state index contributed by atoms with van der Waals surface area (Å²) < 4.78 is 5.65. The van der Waals surface area contributed by atoms with Crippen LogP contribution >= 0.6 is 12.4 Å². The van der Waals surface area contributed by atoms with Crippen molar-refractivity contribution in [2.75, 3.05) is 23.3 Å². The smallest absolute Gasteiger partial charge is 0.302 e. The summed E-state index contributed by atoms with van der Waals surface area (Å²) in [6.45, 7) is 3.85. The maximum Gasteiger partial charge on any atom is 0.302 e. The summed E-state index contributed by atoms with van der Waals surface area (Å²) in [5.74, 6) is 0.967. The van der Waals surface area contributed by atoms with Crippen LogP contribution in [0.3, 0.4) is 0 Å². The number of nitrogens with one attached hydrogen (secondary N) is 2. The number of aryl methyl sites for hydroxylation is 1. The van der Waals surface area contributed by atoms with E-state index < -0.39 is 0 Å². The van der Waals surface area contributed by atoms with E-state index in [1.807, 2.05) is 31.2 Å². The first-order chi connectivity index (χ1) is 14.7. The number of fused-ring (bicyclic) bond motifs is 1. The Labute approximate surface area is 184 Å². The lowest BCUT2D eigenvalue weighted by molar-refractivity contribution is 0.568. The van der Waals surface area contributed by atoms with E-state index in [-0.39, 0.29) is 29.9 Å². The molecule has 4 heterocycles. The molecule has 0 bridgehead atoms. The van der Waals surface area contributed by atoms with Crippen molar-refractivity contribution in [3.8, 4) is 11.3 Å². The van der Waals surface area contributed by atoms with Crippen LogP contribution in [0.5, 0.6) is 0 Å². The summed E-state index contributed by atoms with van der Waals surface area (Å²) in [5, 5.41) is 2.93. The Morgan fingerprint density at radius 2 is 1.90 bits per heavy atom. The molecule has 0 saturated carbocycles. The third-order valence-electron chi connectivity index (χ3n) is 5.14. The van der Waals surface area contributed by atoms with E-state index in [2.05, 4.69) is 35.1 Å². The first-order valence-electron chi connectivity index (χ1n) is 9.99. The van der Waals surface area contributed by atoms with Gasteiger partial charge in [0.2, 0.25) is 11.9 Å². The molecule has 1 aliphatic rings. The van der Waals surface area contributed by atoms with Gasteiger partial charge in [-0.15, -0.1) is 12.4 Å². The fourth-order valence-corrected chi connectivity index (χ4v) is 3.63. The van der Waals surface area contributed by atoms with E-state index >= 15 is 0 Å². The molecule has 0 aliphatic carbocycles. The molecule has 0 amide bonds. The number of halogens is 1. The van der Waals surface area contributed by atoms with Gasteiger partial charge < -0.3 is 9.32 Å². The molecular weight excluding hydrogens is 418 g/mol. The number of anilines is 3. The molecule has 160 valence electrons. The summed E-state index contributed by atoms with van der Waals surface area (Å²) in [6, 6.07) is 9.11. The van der Waals surface area contributed by atoms with Crippen LogP contribution in [-0.4, -0.2) is 38.0 Å². The standard InChI is InChI=1S/C21H21N7O2.ClH/c1-13-14(12-22-20(23-13)28-9-5-2-6-10-28)16-11-18(29)26-19(24-16)27-21-25-15-7-3-4-8-17(15)30-21;/h3-4,7-8,11-12H,2,5-6,9-10H2,1H3,(H2,24,25,26,27,29);1H. The average molecular weight is 440 g/mol. The SMILES string of the molecule is Cc1nc(N2CCCCC2)ncc1-c1cc(=O)[nH]c(Nc2nc3ccccc3o2)n1.Cl. The molecule has 10 heteroatoms. The predicted molar refractivity (Wildman–Crippen MR) is 121 cm³/mol. The molecule has 1 aliphatic heterocycles. The molecule has 0 atom stereocenters. The molecule has 4 aromatic rings. The third kappa shape index (κ3) is 4.36. The van der Waals surface area contributed by atoms with E-state index in [4.69, 9.17) is 4.42 Å². The molecular formula is C21H22ClN7O2. The predicted octanol–water partition coefficient (Wildman–Crippen LogP) is 3.83. The average Bonchev–Trinajstić information content (AvgIpc) is 3.16. The molecule has 1 saturated heterocycles. The molecule has 9 nitrogen and oxygen atoms in total. The number of H-pyrrole nitrogens is 1. The number of nitrogens with zero attached hydrogens (tertiary/aromatic N) is 5. The summed E-state index contributed by atoms with van der Waals surface area (Å²) in [7, 11) is 0. The summed E-state index contributed by atoms with van der Waals surface area (Å²) in [4.78, 5) is 35.1. The largest absolute Gasteiger partial charge is 0.423 e. The number of aromatic amines is 1. The van der Waals surface area contributed by atoms with Gasteiger partial charge in [0.15, 0.2) is 5.58 Å². The Hall–Kier alpha value is -3.46. The Kier molecular flexibility index (Phi) is 5.85. The summed E-state index contributed by atoms with van der Waals surface area (Å²) >= 11 is 0. The first-order valence-corrected chi connectivity index (χ1v) is 9.99. The van der Waals surface area contributed by atoms with Gasteiger partial charge in [0, 0.05) is 30.9 Å². The number of aromatic nitrogens is 5. The van der Waals surface area contributed by atoms with Gasteiger partial charge in [-0.25, -0.2) is 15.0 Å². The highest BCUT2D eigenvalue weighted by Gasteiger charge is 2.16. The zero-order valence-corrected chi connectivity index (χ0v) is 17.8. The van der Waals surface area contributed by atoms with Crippen molar-refractivity contribution in [2.24, 2.45) is 0 Å². The Morgan fingerprint density at radius 3 is 2.68 bits per heavy atom. The highest BCUT2D eigenvalue weighted by atomic mass is 35.5. The second-order valence-electron chi connectivity index (χ2n) is 7.31. The first kappa shape index (κ1) is 20.8. The minimum absolute atomic E-state index is 0.